The maximum absolute atomic E-state index is 6.31. The van der Waals surface area contributed by atoms with Crippen molar-refractivity contribution in [1.82, 2.24) is 0 Å². The molecule has 0 fully saturated rings. The summed E-state index contributed by atoms with van der Waals surface area (Å²) in [6.45, 7) is 0.387. The Balaban J connectivity index is 2.46. The summed E-state index contributed by atoms with van der Waals surface area (Å²) in [5.41, 5.74) is 7.74. The second kappa shape index (κ2) is 7.03. The highest BCUT2D eigenvalue weighted by Gasteiger charge is 2.23. The first-order valence-electron chi connectivity index (χ1n) is 6.60. The summed E-state index contributed by atoms with van der Waals surface area (Å²) in [5, 5.41) is 1.22. The van der Waals surface area contributed by atoms with Crippen molar-refractivity contribution in [2.24, 2.45) is 5.73 Å². The van der Waals surface area contributed by atoms with Crippen molar-refractivity contribution in [3.63, 3.8) is 0 Å². The summed E-state index contributed by atoms with van der Waals surface area (Å²) in [6, 6.07) is 13.1. The van der Waals surface area contributed by atoms with E-state index in [1.54, 1.807) is 7.11 Å². The van der Waals surface area contributed by atoms with E-state index < -0.39 is 0 Å². The van der Waals surface area contributed by atoms with Gasteiger partial charge in [-0.25, -0.2) is 0 Å². The van der Waals surface area contributed by atoms with E-state index in [1.165, 1.54) is 0 Å². The van der Waals surface area contributed by atoms with Crippen molar-refractivity contribution in [2.45, 2.75) is 6.04 Å². The van der Waals surface area contributed by atoms with E-state index >= 15 is 0 Å². The van der Waals surface area contributed by atoms with Gasteiger partial charge in [0.05, 0.1) is 18.8 Å². The Bertz CT molecular complexity index is 599. The van der Waals surface area contributed by atoms with Crippen molar-refractivity contribution in [3.05, 3.63) is 58.1 Å². The van der Waals surface area contributed by atoms with Gasteiger partial charge < -0.3 is 15.4 Å². The van der Waals surface area contributed by atoms with Gasteiger partial charge >= 0.3 is 0 Å². The summed E-state index contributed by atoms with van der Waals surface area (Å²) < 4.78 is 5.41. The topological polar surface area (TPSA) is 38.5 Å². The molecule has 2 aromatic carbocycles. The number of nitrogens with two attached hydrogens (primary N) is 1. The number of benzene rings is 2. The zero-order valence-corrected chi connectivity index (χ0v) is 13.5. The molecule has 1 unspecified atom stereocenters. The van der Waals surface area contributed by atoms with Gasteiger partial charge in [0, 0.05) is 29.2 Å². The van der Waals surface area contributed by atoms with Gasteiger partial charge in [0.2, 0.25) is 0 Å². The summed E-state index contributed by atoms with van der Waals surface area (Å²) >= 11 is 12.6. The molecule has 5 heteroatoms. The fourth-order valence-electron chi connectivity index (χ4n) is 2.39. The molecule has 0 heterocycles. The number of hydrogen-bond donors (Lipinski definition) is 1. The maximum Gasteiger partial charge on any atom is 0.142 e. The standard InChI is InChI=1S/C16H18Cl2N2O/c1-20(13-8-3-4-9-15(13)21-2)14(10-19)16-11(17)6-5-7-12(16)18/h3-9,14H,10,19H2,1-2H3. The van der Waals surface area contributed by atoms with Crippen molar-refractivity contribution in [3.8, 4) is 5.75 Å². The molecule has 112 valence electrons. The molecule has 21 heavy (non-hydrogen) atoms. The monoisotopic (exact) mass is 324 g/mol. The van der Waals surface area contributed by atoms with Gasteiger partial charge in [-0.1, -0.05) is 41.4 Å². The molecule has 0 spiro atoms. The van der Waals surface area contributed by atoms with Gasteiger partial charge in [0.25, 0.3) is 0 Å². The molecule has 2 N–H and O–H groups in total. The number of para-hydroxylation sites is 2. The van der Waals surface area contributed by atoms with Gasteiger partial charge in [0.15, 0.2) is 0 Å². The van der Waals surface area contributed by atoms with Crippen LogP contribution >= 0.6 is 23.2 Å². The van der Waals surface area contributed by atoms with E-state index in [-0.39, 0.29) is 6.04 Å². The van der Waals surface area contributed by atoms with Gasteiger partial charge in [-0.15, -0.1) is 0 Å². The Labute approximate surface area is 135 Å². The zero-order valence-electron chi connectivity index (χ0n) is 12.0. The fraction of sp³-hybridized carbons (Fsp3) is 0.250. The van der Waals surface area contributed by atoms with E-state index in [0.717, 1.165) is 17.0 Å². The molecule has 0 radical (unpaired) electrons. The number of nitrogens with zero attached hydrogens (tertiary/aromatic N) is 1. The first-order chi connectivity index (χ1) is 10.1. The molecule has 0 bridgehead atoms. The highest BCUT2D eigenvalue weighted by atomic mass is 35.5. The first kappa shape index (κ1) is 16.0. The molecule has 0 aromatic heterocycles. The summed E-state index contributed by atoms with van der Waals surface area (Å²) in [5.74, 6) is 0.779. The molecule has 1 atom stereocenters. The lowest BCUT2D eigenvalue weighted by atomic mass is 10.0. The molecule has 0 aliphatic heterocycles. The Kier molecular flexibility index (Phi) is 5.34. The average Bonchev–Trinajstić information content (AvgIpc) is 2.50. The van der Waals surface area contributed by atoms with Gasteiger partial charge in [0.1, 0.15) is 5.75 Å². The SMILES string of the molecule is COc1ccccc1N(C)C(CN)c1c(Cl)cccc1Cl. The summed E-state index contributed by atoms with van der Waals surface area (Å²) in [7, 11) is 3.60. The Morgan fingerprint density at radius 2 is 1.71 bits per heavy atom. The van der Waals surface area contributed by atoms with E-state index in [9.17, 15) is 0 Å². The molecule has 0 saturated heterocycles. The summed E-state index contributed by atoms with van der Waals surface area (Å²) in [6.07, 6.45) is 0. The normalized spacial score (nSPS) is 12.0. The first-order valence-corrected chi connectivity index (χ1v) is 7.35. The number of halogens is 2. The van der Waals surface area contributed by atoms with Crippen molar-refractivity contribution >= 4 is 28.9 Å². The minimum Gasteiger partial charge on any atom is -0.495 e. The average molecular weight is 325 g/mol. The molecule has 3 nitrogen and oxygen atoms in total. The van der Waals surface area contributed by atoms with Crippen LogP contribution in [0, 0.1) is 0 Å². The third kappa shape index (κ3) is 3.26. The third-order valence-electron chi connectivity index (χ3n) is 3.49. The predicted octanol–water partition coefficient (Wildman–Crippen LogP) is 4.14. The van der Waals surface area contributed by atoms with Crippen LogP contribution in [0.25, 0.3) is 0 Å². The van der Waals surface area contributed by atoms with Crippen molar-refractivity contribution < 1.29 is 4.74 Å². The van der Waals surface area contributed by atoms with E-state index in [0.29, 0.717) is 16.6 Å². The van der Waals surface area contributed by atoms with Gasteiger partial charge in [-0.3, -0.25) is 0 Å². The highest BCUT2D eigenvalue weighted by Crippen LogP contribution is 2.37. The molecular weight excluding hydrogens is 307 g/mol. The third-order valence-corrected chi connectivity index (χ3v) is 4.15. The minimum atomic E-state index is -0.137. The number of anilines is 1. The van der Waals surface area contributed by atoms with E-state index in [4.69, 9.17) is 33.7 Å². The van der Waals surface area contributed by atoms with Gasteiger partial charge in [-0.05, 0) is 24.3 Å². The lowest BCUT2D eigenvalue weighted by Crippen LogP contribution is -2.31. The number of methoxy groups -OCH3 is 1. The van der Waals surface area contributed by atoms with Crippen LogP contribution in [-0.2, 0) is 0 Å². The molecule has 0 aliphatic carbocycles. The lowest BCUT2D eigenvalue weighted by Gasteiger charge is -2.31. The Morgan fingerprint density at radius 3 is 2.29 bits per heavy atom. The molecule has 0 saturated carbocycles. The Hall–Kier alpha value is -1.42. The van der Waals surface area contributed by atoms with Crippen molar-refractivity contribution in [2.75, 3.05) is 25.6 Å². The van der Waals surface area contributed by atoms with Crippen LogP contribution < -0.4 is 15.4 Å². The van der Waals surface area contributed by atoms with E-state index in [2.05, 4.69) is 0 Å². The van der Waals surface area contributed by atoms with E-state index in [1.807, 2.05) is 54.4 Å². The second-order valence-corrected chi connectivity index (χ2v) is 5.48. The van der Waals surface area contributed by atoms with Crippen LogP contribution in [0.5, 0.6) is 5.75 Å². The zero-order chi connectivity index (χ0) is 15.4. The minimum absolute atomic E-state index is 0.137. The van der Waals surface area contributed by atoms with Crippen LogP contribution in [0.3, 0.4) is 0 Å². The second-order valence-electron chi connectivity index (χ2n) is 4.67. The van der Waals surface area contributed by atoms with Gasteiger partial charge in [-0.2, -0.15) is 0 Å². The molecule has 0 aliphatic rings. The molecule has 2 rings (SSSR count). The maximum atomic E-state index is 6.31. The van der Waals surface area contributed by atoms with Crippen LogP contribution in [-0.4, -0.2) is 20.7 Å². The smallest absolute Gasteiger partial charge is 0.142 e. The van der Waals surface area contributed by atoms with Crippen LogP contribution in [0.2, 0.25) is 10.0 Å². The number of rotatable bonds is 5. The largest absolute Gasteiger partial charge is 0.495 e. The molecule has 2 aromatic rings. The number of hydrogen-bond acceptors (Lipinski definition) is 3. The summed E-state index contributed by atoms with van der Waals surface area (Å²) in [4.78, 5) is 2.03. The van der Waals surface area contributed by atoms with Crippen LogP contribution in [0.4, 0.5) is 5.69 Å². The molecular formula is C16H18Cl2N2O. The van der Waals surface area contributed by atoms with Crippen LogP contribution in [0.1, 0.15) is 11.6 Å². The highest BCUT2D eigenvalue weighted by molar-refractivity contribution is 6.36. The predicted molar refractivity (Wildman–Crippen MR) is 89.7 cm³/mol. The molecule has 0 amide bonds. The van der Waals surface area contributed by atoms with Crippen molar-refractivity contribution in [1.29, 1.82) is 0 Å². The number of ether oxygens (including phenoxy) is 1. The fourth-order valence-corrected chi connectivity index (χ4v) is 3.04. The Morgan fingerprint density at radius 1 is 1.10 bits per heavy atom. The lowest BCUT2D eigenvalue weighted by molar-refractivity contribution is 0.413. The number of likely N-dealkylation sites (N-methyl/N-ethyl adjacent to an activating group) is 1. The van der Waals surface area contributed by atoms with Crippen LogP contribution in [0.15, 0.2) is 42.5 Å². The quantitative estimate of drug-likeness (QED) is 0.898.